The number of carbonyl (C=O) groups excluding carboxylic acids is 1. The van der Waals surface area contributed by atoms with Crippen LogP contribution in [0.25, 0.3) is 0 Å². The van der Waals surface area contributed by atoms with E-state index in [0.29, 0.717) is 21.2 Å². The zero-order valence-electron chi connectivity index (χ0n) is 12.8. The standard InChI is InChI=1S/C16H20Cl2N2O2.ClH/c17-12-1-2-14(13(18)9-12)22-10-15(21)20-7-4-16(5-8-20)3-6-19-11-16;/h1-2,9,19H,3-8,10-11H2;1H. The van der Waals surface area contributed by atoms with Crippen LogP contribution in [0.1, 0.15) is 19.3 Å². The Morgan fingerprint density at radius 1 is 1.26 bits per heavy atom. The minimum atomic E-state index is 0. The fraction of sp³-hybridized carbons (Fsp3) is 0.562. The summed E-state index contributed by atoms with van der Waals surface area (Å²) >= 11 is 11.9. The lowest BCUT2D eigenvalue weighted by atomic mass is 9.78. The molecule has 0 unspecified atom stereocenters. The lowest BCUT2D eigenvalue weighted by Crippen LogP contribution is -2.45. The highest BCUT2D eigenvalue weighted by molar-refractivity contribution is 6.35. The van der Waals surface area contributed by atoms with Crippen molar-refractivity contribution >= 4 is 41.5 Å². The van der Waals surface area contributed by atoms with Gasteiger partial charge in [0, 0.05) is 24.7 Å². The predicted octanol–water partition coefficient (Wildman–Crippen LogP) is 3.40. The number of rotatable bonds is 3. The van der Waals surface area contributed by atoms with Crippen molar-refractivity contribution in [3.05, 3.63) is 28.2 Å². The van der Waals surface area contributed by atoms with E-state index in [4.69, 9.17) is 27.9 Å². The molecule has 2 aliphatic heterocycles. The number of halogens is 3. The van der Waals surface area contributed by atoms with Crippen molar-refractivity contribution < 1.29 is 9.53 Å². The lowest BCUT2D eigenvalue weighted by molar-refractivity contribution is -0.135. The number of carbonyl (C=O) groups is 1. The summed E-state index contributed by atoms with van der Waals surface area (Å²) in [6.45, 7) is 3.85. The molecule has 2 aliphatic rings. The van der Waals surface area contributed by atoms with Crippen molar-refractivity contribution in [1.82, 2.24) is 10.2 Å². The van der Waals surface area contributed by atoms with Crippen molar-refractivity contribution in [3.8, 4) is 5.75 Å². The third-order valence-electron chi connectivity index (χ3n) is 4.75. The quantitative estimate of drug-likeness (QED) is 0.875. The highest BCUT2D eigenvalue weighted by Crippen LogP contribution is 2.37. The second-order valence-electron chi connectivity index (χ2n) is 6.17. The molecule has 2 saturated heterocycles. The summed E-state index contributed by atoms with van der Waals surface area (Å²) in [5, 5.41) is 4.41. The van der Waals surface area contributed by atoms with Crippen LogP contribution in [0.15, 0.2) is 18.2 Å². The van der Waals surface area contributed by atoms with E-state index >= 15 is 0 Å². The molecule has 128 valence electrons. The van der Waals surface area contributed by atoms with Crippen molar-refractivity contribution in [2.24, 2.45) is 5.41 Å². The molecule has 1 aromatic carbocycles. The van der Waals surface area contributed by atoms with E-state index in [0.717, 1.165) is 39.0 Å². The second kappa shape index (κ2) is 7.93. The Morgan fingerprint density at radius 2 is 2.00 bits per heavy atom. The topological polar surface area (TPSA) is 41.6 Å². The summed E-state index contributed by atoms with van der Waals surface area (Å²) in [5.41, 5.74) is 0.414. The molecular weight excluding hydrogens is 359 g/mol. The summed E-state index contributed by atoms with van der Waals surface area (Å²) in [7, 11) is 0. The molecule has 1 N–H and O–H groups in total. The normalized spacial score (nSPS) is 19.5. The molecule has 2 fully saturated rings. The summed E-state index contributed by atoms with van der Waals surface area (Å²) in [4.78, 5) is 14.2. The second-order valence-corrected chi connectivity index (χ2v) is 7.01. The van der Waals surface area contributed by atoms with Gasteiger partial charge in [-0.15, -0.1) is 12.4 Å². The maximum atomic E-state index is 12.3. The Bertz CT molecular complexity index is 552. The summed E-state index contributed by atoms with van der Waals surface area (Å²) in [5.74, 6) is 0.514. The van der Waals surface area contributed by atoms with Gasteiger partial charge in [0.2, 0.25) is 0 Å². The molecule has 0 aromatic heterocycles. The number of benzene rings is 1. The molecule has 0 saturated carbocycles. The average Bonchev–Trinajstić information content (AvgIpc) is 2.95. The molecular formula is C16H21Cl3N2O2. The molecule has 0 atom stereocenters. The molecule has 2 heterocycles. The van der Waals surface area contributed by atoms with Crippen LogP contribution in [0, 0.1) is 5.41 Å². The summed E-state index contributed by atoms with van der Waals surface area (Å²) in [6, 6.07) is 5.00. The SMILES string of the molecule is Cl.O=C(COc1ccc(Cl)cc1Cl)N1CCC2(CCNC2)CC1. The number of likely N-dealkylation sites (tertiary alicyclic amines) is 1. The minimum absolute atomic E-state index is 0. The van der Waals surface area contributed by atoms with Crippen LogP contribution in [0.5, 0.6) is 5.75 Å². The Kier molecular flexibility index (Phi) is 6.43. The van der Waals surface area contributed by atoms with Gasteiger partial charge in [0.1, 0.15) is 5.75 Å². The van der Waals surface area contributed by atoms with E-state index < -0.39 is 0 Å². The van der Waals surface area contributed by atoms with E-state index in [1.807, 2.05) is 4.90 Å². The van der Waals surface area contributed by atoms with E-state index in [1.54, 1.807) is 18.2 Å². The van der Waals surface area contributed by atoms with Crippen LogP contribution in [0.3, 0.4) is 0 Å². The monoisotopic (exact) mass is 378 g/mol. The molecule has 1 spiro atoms. The largest absolute Gasteiger partial charge is 0.482 e. The minimum Gasteiger partial charge on any atom is -0.482 e. The first-order chi connectivity index (χ1) is 10.6. The summed E-state index contributed by atoms with van der Waals surface area (Å²) in [6.07, 6.45) is 3.38. The van der Waals surface area contributed by atoms with Crippen LogP contribution < -0.4 is 10.1 Å². The lowest BCUT2D eigenvalue weighted by Gasteiger charge is -2.38. The van der Waals surface area contributed by atoms with Crippen LogP contribution >= 0.6 is 35.6 Å². The van der Waals surface area contributed by atoms with E-state index in [-0.39, 0.29) is 24.9 Å². The molecule has 4 nitrogen and oxygen atoms in total. The first-order valence-corrected chi connectivity index (χ1v) is 8.40. The number of amides is 1. The fourth-order valence-corrected chi connectivity index (χ4v) is 3.74. The van der Waals surface area contributed by atoms with Crippen LogP contribution in [-0.2, 0) is 4.79 Å². The highest BCUT2D eigenvalue weighted by Gasteiger charge is 2.38. The summed E-state index contributed by atoms with van der Waals surface area (Å²) < 4.78 is 5.53. The van der Waals surface area contributed by atoms with Crippen molar-refractivity contribution in [2.45, 2.75) is 19.3 Å². The Balaban J connectivity index is 0.00000192. The van der Waals surface area contributed by atoms with Gasteiger partial charge in [-0.05, 0) is 49.4 Å². The molecule has 7 heteroatoms. The van der Waals surface area contributed by atoms with Gasteiger partial charge in [0.05, 0.1) is 5.02 Å². The first kappa shape index (κ1) is 18.7. The zero-order valence-corrected chi connectivity index (χ0v) is 15.1. The molecule has 1 aromatic rings. The number of ether oxygens (including phenoxy) is 1. The van der Waals surface area contributed by atoms with E-state index in [2.05, 4.69) is 5.32 Å². The fourth-order valence-electron chi connectivity index (χ4n) is 3.28. The molecule has 0 aliphatic carbocycles. The van der Waals surface area contributed by atoms with E-state index in [1.165, 1.54) is 6.42 Å². The van der Waals surface area contributed by atoms with Crippen molar-refractivity contribution in [3.63, 3.8) is 0 Å². The third-order valence-corrected chi connectivity index (χ3v) is 5.28. The van der Waals surface area contributed by atoms with Gasteiger partial charge in [-0.25, -0.2) is 0 Å². The van der Waals surface area contributed by atoms with Crippen LogP contribution in [-0.4, -0.2) is 43.6 Å². The van der Waals surface area contributed by atoms with Gasteiger partial charge in [0.25, 0.3) is 5.91 Å². The number of hydrogen-bond acceptors (Lipinski definition) is 3. The molecule has 0 radical (unpaired) electrons. The molecule has 23 heavy (non-hydrogen) atoms. The van der Waals surface area contributed by atoms with Gasteiger partial charge in [-0.3, -0.25) is 4.79 Å². The molecule has 1 amide bonds. The Hall–Kier alpha value is -0.680. The van der Waals surface area contributed by atoms with Gasteiger partial charge in [-0.1, -0.05) is 23.2 Å². The van der Waals surface area contributed by atoms with Crippen molar-refractivity contribution in [1.29, 1.82) is 0 Å². The zero-order chi connectivity index (χ0) is 15.6. The highest BCUT2D eigenvalue weighted by atomic mass is 35.5. The van der Waals surface area contributed by atoms with Crippen LogP contribution in [0.2, 0.25) is 10.0 Å². The van der Waals surface area contributed by atoms with Crippen molar-refractivity contribution in [2.75, 3.05) is 32.8 Å². The van der Waals surface area contributed by atoms with Crippen LogP contribution in [0.4, 0.5) is 0 Å². The molecule has 3 rings (SSSR count). The third kappa shape index (κ3) is 4.44. The van der Waals surface area contributed by atoms with E-state index in [9.17, 15) is 4.79 Å². The predicted molar refractivity (Wildman–Crippen MR) is 94.9 cm³/mol. The number of nitrogens with zero attached hydrogens (tertiary/aromatic N) is 1. The average molecular weight is 380 g/mol. The van der Waals surface area contributed by atoms with Gasteiger partial charge in [-0.2, -0.15) is 0 Å². The Morgan fingerprint density at radius 3 is 2.61 bits per heavy atom. The number of nitrogens with one attached hydrogen (secondary N) is 1. The Labute approximate surface area is 152 Å². The number of hydrogen-bond donors (Lipinski definition) is 1. The van der Waals surface area contributed by atoms with Gasteiger partial charge < -0.3 is 15.0 Å². The van der Waals surface area contributed by atoms with Gasteiger partial charge >= 0.3 is 0 Å². The first-order valence-electron chi connectivity index (χ1n) is 7.64. The van der Waals surface area contributed by atoms with Gasteiger partial charge in [0.15, 0.2) is 6.61 Å². The molecule has 0 bridgehead atoms. The maximum absolute atomic E-state index is 12.3. The maximum Gasteiger partial charge on any atom is 0.260 e. The number of piperidine rings is 1. The smallest absolute Gasteiger partial charge is 0.260 e.